The highest BCUT2D eigenvalue weighted by Crippen LogP contribution is 2.35. The Balaban J connectivity index is 0. The first-order valence-electron chi connectivity index (χ1n) is 12.7. The highest BCUT2D eigenvalue weighted by Gasteiger charge is 2.38. The van der Waals surface area contributed by atoms with Crippen LogP contribution >= 0.6 is 31.9 Å². The lowest BCUT2D eigenvalue weighted by Gasteiger charge is -2.13. The van der Waals surface area contributed by atoms with Crippen molar-refractivity contribution >= 4 is 61.4 Å². The van der Waals surface area contributed by atoms with E-state index in [1.165, 1.54) is 0 Å². The van der Waals surface area contributed by atoms with Gasteiger partial charge in [-0.1, -0.05) is 18.0 Å². The van der Waals surface area contributed by atoms with Crippen molar-refractivity contribution in [3.05, 3.63) is 26.6 Å². The second kappa shape index (κ2) is 23.1. The van der Waals surface area contributed by atoms with Gasteiger partial charge in [0.1, 0.15) is 11.5 Å². The third-order valence-corrected chi connectivity index (χ3v) is 5.99. The number of benzene rings is 1. The SMILES string of the molecule is NCCCCCCNC(=O)/C(Cc1cc(Br)c(OCCCCN=C(N)N)c(Br)c1)=N/O.O=C(O)C(F)(F)F.O=C(O)C(F)(F)F. The van der Waals surface area contributed by atoms with E-state index in [0.29, 0.717) is 32.0 Å². The Hall–Kier alpha value is -3.33. The van der Waals surface area contributed by atoms with E-state index in [4.69, 9.17) is 41.7 Å². The molecule has 0 atom stereocenters. The van der Waals surface area contributed by atoms with E-state index < -0.39 is 24.3 Å². The Morgan fingerprint density at radius 2 is 1.36 bits per heavy atom. The number of carbonyl (C=O) groups is 3. The van der Waals surface area contributed by atoms with Gasteiger partial charge in [0.2, 0.25) is 0 Å². The number of nitrogens with zero attached hydrogens (tertiary/aromatic N) is 2. The monoisotopic (exact) mass is 790 g/mol. The normalized spacial score (nSPS) is 11.3. The van der Waals surface area contributed by atoms with Crippen LogP contribution in [-0.2, 0) is 20.8 Å². The Labute approximate surface area is 270 Å². The number of carboxylic acids is 2. The molecule has 1 aromatic rings. The average molecular weight is 792 g/mol. The molecule has 1 rings (SSSR count). The first kappa shape index (κ1) is 43.8. The van der Waals surface area contributed by atoms with Crippen LogP contribution in [0.2, 0.25) is 0 Å². The number of hydrogen-bond acceptors (Lipinski definition) is 8. The van der Waals surface area contributed by atoms with Crippen molar-refractivity contribution in [2.75, 3.05) is 26.2 Å². The predicted molar refractivity (Wildman–Crippen MR) is 158 cm³/mol. The number of aliphatic imine (C=N–C) groups is 1. The highest BCUT2D eigenvalue weighted by molar-refractivity contribution is 9.11. The number of carbonyl (C=O) groups excluding carboxylic acids is 1. The second-order valence-corrected chi connectivity index (χ2v) is 10.2. The minimum absolute atomic E-state index is 0.0501. The lowest BCUT2D eigenvalue weighted by molar-refractivity contribution is -0.193. The first-order valence-corrected chi connectivity index (χ1v) is 14.3. The van der Waals surface area contributed by atoms with Crippen LogP contribution in [0.1, 0.15) is 44.1 Å². The van der Waals surface area contributed by atoms with Crippen molar-refractivity contribution in [3.63, 3.8) is 0 Å². The van der Waals surface area contributed by atoms with E-state index in [9.17, 15) is 36.3 Å². The summed E-state index contributed by atoms with van der Waals surface area (Å²) in [4.78, 5) is 34.0. The molecular weight excluding hydrogens is 758 g/mol. The van der Waals surface area contributed by atoms with Gasteiger partial charge in [0, 0.05) is 19.5 Å². The number of carboxylic acid groups (broad SMARTS) is 2. The molecule has 0 saturated heterocycles. The molecule has 0 saturated carbocycles. The summed E-state index contributed by atoms with van der Waals surface area (Å²) in [6.07, 6.45) is -4.49. The molecule has 0 aliphatic rings. The summed E-state index contributed by atoms with van der Waals surface area (Å²) in [6.45, 7) is 2.29. The van der Waals surface area contributed by atoms with Crippen molar-refractivity contribution in [1.82, 2.24) is 5.32 Å². The molecule has 0 spiro atoms. The Bertz CT molecular complexity index is 1090. The van der Waals surface area contributed by atoms with Gasteiger partial charge >= 0.3 is 24.3 Å². The number of rotatable bonds is 15. The lowest BCUT2D eigenvalue weighted by atomic mass is 10.1. The van der Waals surface area contributed by atoms with Crippen LogP contribution < -0.4 is 27.3 Å². The Kier molecular flexibility index (Phi) is 22.5. The van der Waals surface area contributed by atoms with Gasteiger partial charge in [0.05, 0.1) is 15.6 Å². The van der Waals surface area contributed by atoms with Gasteiger partial charge in [-0.2, -0.15) is 26.3 Å². The van der Waals surface area contributed by atoms with Crippen molar-refractivity contribution in [2.24, 2.45) is 27.3 Å². The number of amides is 1. The van der Waals surface area contributed by atoms with Crippen molar-refractivity contribution in [3.8, 4) is 5.75 Å². The molecule has 0 heterocycles. The molecule has 0 bridgehead atoms. The molecule has 0 aromatic heterocycles. The number of alkyl halides is 6. The summed E-state index contributed by atoms with van der Waals surface area (Å²) in [7, 11) is 0. The van der Waals surface area contributed by atoms with Gasteiger partial charge < -0.3 is 42.7 Å². The maximum absolute atomic E-state index is 12.3. The van der Waals surface area contributed by atoms with Gasteiger partial charge in [0.25, 0.3) is 5.91 Å². The number of unbranched alkanes of at least 4 members (excludes halogenated alkanes) is 4. The quantitative estimate of drug-likeness (QED) is 0.0338. The molecule has 1 aromatic carbocycles. The molecule has 21 heteroatoms. The molecule has 13 nitrogen and oxygen atoms in total. The van der Waals surface area contributed by atoms with Crippen LogP contribution in [-0.4, -0.2) is 83.5 Å². The first-order chi connectivity index (χ1) is 20.8. The molecular formula is C24H34Br2F6N6O7. The summed E-state index contributed by atoms with van der Waals surface area (Å²) >= 11 is 7.00. The number of hydrogen-bond donors (Lipinski definition) is 7. The van der Waals surface area contributed by atoms with Gasteiger partial charge in [-0.25, -0.2) is 9.59 Å². The summed E-state index contributed by atoms with van der Waals surface area (Å²) in [5.41, 5.74) is 16.9. The zero-order chi connectivity index (χ0) is 35.2. The van der Waals surface area contributed by atoms with Crippen LogP contribution in [0.5, 0.6) is 5.75 Å². The predicted octanol–water partition coefficient (Wildman–Crippen LogP) is 3.92. The van der Waals surface area contributed by atoms with Crippen LogP contribution in [0.25, 0.3) is 0 Å². The number of nitrogens with one attached hydrogen (secondary N) is 1. The summed E-state index contributed by atoms with van der Waals surface area (Å²) in [6, 6.07) is 3.68. The number of ether oxygens (including phenoxy) is 1. The van der Waals surface area contributed by atoms with E-state index in [1.54, 1.807) is 0 Å². The number of aliphatic carboxylic acids is 2. The van der Waals surface area contributed by atoms with Crippen LogP contribution in [0.4, 0.5) is 26.3 Å². The number of nitrogens with two attached hydrogens (primary N) is 3. The molecule has 45 heavy (non-hydrogen) atoms. The molecule has 258 valence electrons. The van der Waals surface area contributed by atoms with Crippen LogP contribution in [0, 0.1) is 0 Å². The molecule has 0 aliphatic carbocycles. The highest BCUT2D eigenvalue weighted by atomic mass is 79.9. The topological polar surface area (TPSA) is 236 Å². The standard InChI is InChI=1S/C20H32Br2N6O3.2C2HF3O2/c21-15-11-14(12-16(22)18(15)31-10-6-5-9-27-20(24)25)13-17(28-30)19(29)26-8-4-2-1-3-7-23;2*3-2(4,5)1(6)7/h11-12,30H,1-10,13,23H2,(H,26,29)(H4,24,25,27);2*(H,6,7)/b28-17+;;. The Morgan fingerprint density at radius 3 is 1.78 bits per heavy atom. The fourth-order valence-corrected chi connectivity index (χ4v) is 4.24. The maximum Gasteiger partial charge on any atom is 0.490 e. The fourth-order valence-electron chi connectivity index (χ4n) is 2.73. The van der Waals surface area contributed by atoms with Crippen LogP contribution in [0.15, 0.2) is 31.2 Å². The summed E-state index contributed by atoms with van der Waals surface area (Å²) in [5.74, 6) is -5.14. The van der Waals surface area contributed by atoms with Gasteiger partial charge in [-0.15, -0.1) is 0 Å². The van der Waals surface area contributed by atoms with Gasteiger partial charge in [-0.3, -0.25) is 9.79 Å². The van der Waals surface area contributed by atoms with E-state index in [2.05, 4.69) is 47.3 Å². The number of halogens is 8. The zero-order valence-electron chi connectivity index (χ0n) is 23.6. The molecule has 1 amide bonds. The molecule has 0 fully saturated rings. The average Bonchev–Trinajstić information content (AvgIpc) is 2.91. The minimum atomic E-state index is -5.08. The smallest absolute Gasteiger partial charge is 0.490 e. The minimum Gasteiger partial charge on any atom is -0.491 e. The zero-order valence-corrected chi connectivity index (χ0v) is 26.7. The summed E-state index contributed by atoms with van der Waals surface area (Å²) in [5, 5.41) is 29.5. The Morgan fingerprint density at radius 1 is 0.867 bits per heavy atom. The molecule has 0 radical (unpaired) electrons. The van der Waals surface area contributed by atoms with Crippen LogP contribution in [0.3, 0.4) is 0 Å². The molecule has 0 unspecified atom stereocenters. The molecule has 0 aliphatic heterocycles. The number of oxime groups is 1. The van der Waals surface area contributed by atoms with Crippen molar-refractivity contribution < 1.29 is 60.9 Å². The van der Waals surface area contributed by atoms with Crippen molar-refractivity contribution in [2.45, 2.75) is 57.3 Å². The van der Waals surface area contributed by atoms with E-state index >= 15 is 0 Å². The third kappa shape index (κ3) is 22.8. The van der Waals surface area contributed by atoms with Gasteiger partial charge in [0.15, 0.2) is 5.96 Å². The van der Waals surface area contributed by atoms with Gasteiger partial charge in [-0.05, 0) is 81.8 Å². The largest absolute Gasteiger partial charge is 0.491 e. The van der Waals surface area contributed by atoms with E-state index in [1.807, 2.05) is 12.1 Å². The maximum atomic E-state index is 12.3. The second-order valence-electron chi connectivity index (χ2n) is 8.54. The van der Waals surface area contributed by atoms with E-state index in [0.717, 1.165) is 53.0 Å². The third-order valence-electron chi connectivity index (χ3n) is 4.81. The summed E-state index contributed by atoms with van der Waals surface area (Å²) < 4.78 is 70.8. The molecule has 10 N–H and O–H groups in total. The fraction of sp³-hybridized carbons (Fsp3) is 0.542. The lowest BCUT2D eigenvalue weighted by Crippen LogP contribution is -2.33. The van der Waals surface area contributed by atoms with Crippen molar-refractivity contribution in [1.29, 1.82) is 0 Å². The van der Waals surface area contributed by atoms with E-state index in [-0.39, 0.29) is 24.0 Å². The number of guanidine groups is 1.